The van der Waals surface area contributed by atoms with Gasteiger partial charge in [-0.15, -0.1) is 11.3 Å². The third-order valence-corrected chi connectivity index (χ3v) is 3.38. The van der Waals surface area contributed by atoms with Crippen LogP contribution in [0.3, 0.4) is 0 Å². The van der Waals surface area contributed by atoms with Gasteiger partial charge in [0.2, 0.25) is 5.91 Å². The molecule has 0 unspecified atom stereocenters. The maximum atomic E-state index is 13.6. The minimum absolute atomic E-state index is 0.202. The molecular weight excluding hydrogens is 289 g/mol. The first-order valence-corrected chi connectivity index (χ1v) is 6.65. The van der Waals surface area contributed by atoms with Crippen molar-refractivity contribution in [3.8, 4) is 0 Å². The number of thiazole rings is 1. The SMILES string of the molecule is CC(=O)Nc1ccc(F)c(NCc2cnc(Cl)s2)c1. The number of halogens is 2. The fourth-order valence-electron chi connectivity index (χ4n) is 1.49. The number of nitrogens with one attached hydrogen (secondary N) is 2. The largest absolute Gasteiger partial charge is 0.378 e. The normalized spacial score (nSPS) is 10.3. The molecule has 100 valence electrons. The second kappa shape index (κ2) is 5.99. The van der Waals surface area contributed by atoms with E-state index in [2.05, 4.69) is 15.6 Å². The van der Waals surface area contributed by atoms with E-state index in [1.165, 1.54) is 30.4 Å². The third kappa shape index (κ3) is 3.90. The molecule has 7 heteroatoms. The average molecular weight is 300 g/mol. The molecule has 0 spiro atoms. The number of amides is 1. The Morgan fingerprint density at radius 1 is 1.53 bits per heavy atom. The van der Waals surface area contributed by atoms with Crippen molar-refractivity contribution < 1.29 is 9.18 Å². The number of aromatic nitrogens is 1. The van der Waals surface area contributed by atoms with Crippen LogP contribution >= 0.6 is 22.9 Å². The van der Waals surface area contributed by atoms with E-state index in [0.29, 0.717) is 22.4 Å². The van der Waals surface area contributed by atoms with Gasteiger partial charge in [-0.2, -0.15) is 0 Å². The van der Waals surface area contributed by atoms with Gasteiger partial charge >= 0.3 is 0 Å². The highest BCUT2D eigenvalue weighted by molar-refractivity contribution is 7.15. The van der Waals surface area contributed by atoms with Gasteiger partial charge < -0.3 is 10.6 Å². The number of hydrogen-bond acceptors (Lipinski definition) is 4. The lowest BCUT2D eigenvalue weighted by Gasteiger charge is -2.09. The predicted molar refractivity (Wildman–Crippen MR) is 75.2 cm³/mol. The lowest BCUT2D eigenvalue weighted by Crippen LogP contribution is -2.07. The van der Waals surface area contributed by atoms with E-state index < -0.39 is 0 Å². The summed E-state index contributed by atoms with van der Waals surface area (Å²) in [4.78, 5) is 15.7. The molecule has 0 saturated heterocycles. The molecular formula is C12H11ClFN3OS. The number of anilines is 2. The zero-order chi connectivity index (χ0) is 13.8. The summed E-state index contributed by atoms with van der Waals surface area (Å²) in [7, 11) is 0. The molecule has 1 amide bonds. The number of nitrogens with zero attached hydrogens (tertiary/aromatic N) is 1. The quantitative estimate of drug-likeness (QED) is 0.908. The van der Waals surface area contributed by atoms with Gasteiger partial charge in [-0.05, 0) is 18.2 Å². The van der Waals surface area contributed by atoms with Crippen LogP contribution in [0.5, 0.6) is 0 Å². The number of benzene rings is 1. The van der Waals surface area contributed by atoms with Crippen LogP contribution in [0.4, 0.5) is 15.8 Å². The van der Waals surface area contributed by atoms with Crippen molar-refractivity contribution >= 4 is 40.2 Å². The summed E-state index contributed by atoms with van der Waals surface area (Å²) in [6.45, 7) is 1.82. The summed E-state index contributed by atoms with van der Waals surface area (Å²) in [5.41, 5.74) is 0.856. The molecule has 0 aliphatic carbocycles. The lowest BCUT2D eigenvalue weighted by molar-refractivity contribution is -0.114. The first-order valence-electron chi connectivity index (χ1n) is 5.46. The van der Waals surface area contributed by atoms with Crippen LogP contribution in [0.2, 0.25) is 4.47 Å². The van der Waals surface area contributed by atoms with Crippen LogP contribution in [0.25, 0.3) is 0 Å². The van der Waals surface area contributed by atoms with Gasteiger partial charge in [0, 0.05) is 23.7 Å². The van der Waals surface area contributed by atoms with E-state index >= 15 is 0 Å². The zero-order valence-electron chi connectivity index (χ0n) is 10.0. The van der Waals surface area contributed by atoms with Crippen molar-refractivity contribution in [1.82, 2.24) is 4.98 Å². The summed E-state index contributed by atoms with van der Waals surface area (Å²) in [6, 6.07) is 4.35. The average Bonchev–Trinajstić information content (AvgIpc) is 2.75. The predicted octanol–water partition coefficient (Wildman–Crippen LogP) is 3.51. The lowest BCUT2D eigenvalue weighted by atomic mass is 10.2. The maximum Gasteiger partial charge on any atom is 0.221 e. The third-order valence-electron chi connectivity index (χ3n) is 2.27. The number of carbonyl (C=O) groups excluding carboxylic acids is 1. The van der Waals surface area contributed by atoms with E-state index in [0.717, 1.165) is 4.88 Å². The highest BCUT2D eigenvalue weighted by Crippen LogP contribution is 2.22. The van der Waals surface area contributed by atoms with Gasteiger partial charge in [0.15, 0.2) is 4.47 Å². The Hall–Kier alpha value is -1.66. The Bertz CT molecular complexity index is 602. The van der Waals surface area contributed by atoms with Crippen LogP contribution in [-0.2, 0) is 11.3 Å². The van der Waals surface area contributed by atoms with Gasteiger partial charge in [0.1, 0.15) is 5.82 Å². The molecule has 0 aliphatic rings. The molecule has 0 radical (unpaired) electrons. The number of carbonyl (C=O) groups is 1. The van der Waals surface area contributed by atoms with Crippen molar-refractivity contribution in [3.05, 3.63) is 39.6 Å². The number of rotatable bonds is 4. The highest BCUT2D eigenvalue weighted by Gasteiger charge is 2.06. The summed E-state index contributed by atoms with van der Waals surface area (Å²) in [5.74, 6) is -0.587. The Kier molecular flexibility index (Phi) is 4.34. The smallest absolute Gasteiger partial charge is 0.221 e. The molecule has 2 rings (SSSR count). The van der Waals surface area contributed by atoms with Crippen LogP contribution in [-0.4, -0.2) is 10.9 Å². The first kappa shape index (κ1) is 13.8. The summed E-state index contributed by atoms with van der Waals surface area (Å²) >= 11 is 7.04. The van der Waals surface area contributed by atoms with Gasteiger partial charge in [0.25, 0.3) is 0 Å². The summed E-state index contributed by atoms with van der Waals surface area (Å²) < 4.78 is 14.0. The molecule has 0 aliphatic heterocycles. The van der Waals surface area contributed by atoms with E-state index in [1.807, 2.05) is 0 Å². The maximum absolute atomic E-state index is 13.6. The topological polar surface area (TPSA) is 54.0 Å². The Morgan fingerprint density at radius 2 is 2.32 bits per heavy atom. The van der Waals surface area contributed by atoms with Crippen molar-refractivity contribution in [2.24, 2.45) is 0 Å². The fourth-order valence-corrected chi connectivity index (χ4v) is 2.41. The van der Waals surface area contributed by atoms with Crippen LogP contribution in [0.15, 0.2) is 24.4 Å². The van der Waals surface area contributed by atoms with Crippen molar-refractivity contribution in [2.45, 2.75) is 13.5 Å². The highest BCUT2D eigenvalue weighted by atomic mass is 35.5. The van der Waals surface area contributed by atoms with Crippen LogP contribution in [0.1, 0.15) is 11.8 Å². The summed E-state index contributed by atoms with van der Waals surface area (Å²) in [6.07, 6.45) is 1.63. The minimum atomic E-state index is -0.385. The molecule has 1 heterocycles. The Balaban J connectivity index is 2.08. The fraction of sp³-hybridized carbons (Fsp3) is 0.167. The van der Waals surface area contributed by atoms with Gasteiger partial charge in [0.05, 0.1) is 12.2 Å². The van der Waals surface area contributed by atoms with Crippen LogP contribution in [0, 0.1) is 5.82 Å². The van der Waals surface area contributed by atoms with Gasteiger partial charge in [-0.25, -0.2) is 9.37 Å². The molecule has 1 aromatic carbocycles. The molecule has 0 fully saturated rings. The van der Waals surface area contributed by atoms with Crippen molar-refractivity contribution in [1.29, 1.82) is 0 Å². The van der Waals surface area contributed by atoms with E-state index in [1.54, 1.807) is 12.3 Å². The molecule has 19 heavy (non-hydrogen) atoms. The second-order valence-corrected chi connectivity index (χ2v) is 5.51. The molecule has 0 saturated carbocycles. The molecule has 1 aromatic heterocycles. The zero-order valence-corrected chi connectivity index (χ0v) is 11.6. The molecule has 0 bridgehead atoms. The molecule has 4 nitrogen and oxygen atoms in total. The minimum Gasteiger partial charge on any atom is -0.378 e. The molecule has 2 N–H and O–H groups in total. The van der Waals surface area contributed by atoms with Gasteiger partial charge in [-0.1, -0.05) is 11.6 Å². The van der Waals surface area contributed by atoms with Crippen molar-refractivity contribution in [3.63, 3.8) is 0 Å². The van der Waals surface area contributed by atoms with Gasteiger partial charge in [-0.3, -0.25) is 4.79 Å². The van der Waals surface area contributed by atoms with Crippen LogP contribution < -0.4 is 10.6 Å². The standard InChI is InChI=1S/C12H11ClFN3OS/c1-7(18)17-8-2-3-10(14)11(4-8)15-5-9-6-16-12(13)19-9/h2-4,6,15H,5H2,1H3,(H,17,18). The second-order valence-electron chi connectivity index (χ2n) is 3.81. The van der Waals surface area contributed by atoms with E-state index in [-0.39, 0.29) is 11.7 Å². The Morgan fingerprint density at radius 3 is 2.95 bits per heavy atom. The summed E-state index contributed by atoms with van der Waals surface area (Å²) in [5, 5.41) is 5.54. The van der Waals surface area contributed by atoms with E-state index in [4.69, 9.17) is 11.6 Å². The Labute approximate surface area is 118 Å². The molecule has 0 atom stereocenters. The number of hydrogen-bond donors (Lipinski definition) is 2. The molecule has 2 aromatic rings. The first-order chi connectivity index (χ1) is 9.04. The van der Waals surface area contributed by atoms with E-state index in [9.17, 15) is 9.18 Å². The van der Waals surface area contributed by atoms with Crippen molar-refractivity contribution in [2.75, 3.05) is 10.6 Å². The monoisotopic (exact) mass is 299 g/mol.